The van der Waals surface area contributed by atoms with Crippen LogP contribution in [0.5, 0.6) is 0 Å². The number of hydrogen-bond acceptors (Lipinski definition) is 4. The van der Waals surface area contributed by atoms with Gasteiger partial charge >= 0.3 is 0 Å². The van der Waals surface area contributed by atoms with E-state index >= 15 is 0 Å². The molecule has 0 spiro atoms. The molecule has 0 saturated carbocycles. The molecule has 3 N–H and O–H groups in total. The van der Waals surface area contributed by atoms with Crippen LogP contribution in [-0.2, 0) is 13.0 Å². The Morgan fingerprint density at radius 1 is 1.13 bits per heavy atom. The first kappa shape index (κ1) is 20.3. The number of nitrogens with zero attached hydrogens (tertiary/aromatic N) is 3. The highest BCUT2D eigenvalue weighted by Crippen LogP contribution is 2.31. The van der Waals surface area contributed by atoms with Crippen LogP contribution in [0.2, 0.25) is 0 Å². The molecule has 0 fully saturated rings. The summed E-state index contributed by atoms with van der Waals surface area (Å²) in [6.45, 7) is 12.6. The number of imidazole rings is 1. The minimum Gasteiger partial charge on any atom is -0.340 e. The van der Waals surface area contributed by atoms with Gasteiger partial charge in [0, 0.05) is 35.6 Å². The van der Waals surface area contributed by atoms with Crippen LogP contribution < -0.4 is 5.32 Å². The Hall–Kier alpha value is -2.99. The number of rotatable bonds is 7. The summed E-state index contributed by atoms with van der Waals surface area (Å²) in [5.74, 6) is 1.38. The van der Waals surface area contributed by atoms with E-state index in [9.17, 15) is 0 Å². The quantitative estimate of drug-likeness (QED) is 0.409. The number of fused-ring (bicyclic) bond motifs is 1. The number of H-pyrrole nitrogens is 2. The first-order chi connectivity index (χ1) is 14.5. The average molecular weight is 403 g/mol. The number of hydrogen-bond donors (Lipinski definition) is 3. The number of aromatic amines is 2. The number of aryl methyl sites for hydroxylation is 1. The number of pyridine rings is 1. The zero-order chi connectivity index (χ0) is 21.3. The molecule has 0 aliphatic rings. The highest BCUT2D eigenvalue weighted by atomic mass is 15.1. The van der Waals surface area contributed by atoms with Gasteiger partial charge in [-0.1, -0.05) is 26.8 Å². The summed E-state index contributed by atoms with van der Waals surface area (Å²) < 4.78 is 0. The molecule has 0 aliphatic heterocycles. The maximum atomic E-state index is 4.85. The van der Waals surface area contributed by atoms with Crippen molar-refractivity contribution >= 4 is 10.9 Å². The Morgan fingerprint density at radius 3 is 2.73 bits per heavy atom. The topological polar surface area (TPSA) is 82.3 Å². The van der Waals surface area contributed by atoms with Gasteiger partial charge in [0.2, 0.25) is 0 Å². The highest BCUT2D eigenvalue weighted by molar-refractivity contribution is 5.94. The highest BCUT2D eigenvalue weighted by Gasteiger charge is 2.16. The molecule has 4 rings (SSSR count). The second-order valence-electron chi connectivity index (χ2n) is 8.34. The van der Waals surface area contributed by atoms with Crippen LogP contribution >= 0.6 is 0 Å². The van der Waals surface area contributed by atoms with Crippen LogP contribution in [0.4, 0.5) is 0 Å². The van der Waals surface area contributed by atoms with E-state index < -0.39 is 0 Å². The molecule has 0 saturated heterocycles. The third-order valence-electron chi connectivity index (χ3n) is 5.57. The minimum absolute atomic E-state index is 0.562. The van der Waals surface area contributed by atoms with Gasteiger partial charge in [-0.15, -0.1) is 0 Å². The van der Waals surface area contributed by atoms with E-state index in [0.717, 1.165) is 64.4 Å². The molecule has 3 heterocycles. The van der Waals surface area contributed by atoms with Crippen molar-refractivity contribution in [1.82, 2.24) is 30.5 Å². The largest absolute Gasteiger partial charge is 0.340 e. The van der Waals surface area contributed by atoms with Gasteiger partial charge in [0.05, 0.1) is 11.2 Å². The van der Waals surface area contributed by atoms with Gasteiger partial charge < -0.3 is 10.3 Å². The van der Waals surface area contributed by atoms with Gasteiger partial charge in [0.1, 0.15) is 5.69 Å². The summed E-state index contributed by atoms with van der Waals surface area (Å²) in [5.41, 5.74) is 8.85. The van der Waals surface area contributed by atoms with E-state index in [1.807, 2.05) is 12.4 Å². The normalized spacial score (nSPS) is 11.7. The van der Waals surface area contributed by atoms with Crippen LogP contribution in [-0.4, -0.2) is 31.7 Å². The standard InChI is InChI=1S/C24H30N6/c1-6-25-11-18-12-26-13-20(15(18)4)17-7-8-21-19(10-17)23(30-29-21)24-27-16(5)22(28-24)9-14(2)3/h7-8,10,12-14,25H,6,9,11H2,1-5H3,(H,27,28)(H,29,30). The molecule has 3 aromatic heterocycles. The zero-order valence-corrected chi connectivity index (χ0v) is 18.4. The van der Waals surface area contributed by atoms with E-state index in [1.54, 1.807) is 0 Å². The van der Waals surface area contributed by atoms with Gasteiger partial charge in [-0.3, -0.25) is 10.1 Å². The van der Waals surface area contributed by atoms with Crippen molar-refractivity contribution in [2.24, 2.45) is 5.92 Å². The van der Waals surface area contributed by atoms with Crippen molar-refractivity contribution in [2.45, 2.75) is 47.6 Å². The van der Waals surface area contributed by atoms with Crippen LogP contribution in [0.3, 0.4) is 0 Å². The van der Waals surface area contributed by atoms with E-state index in [2.05, 4.69) is 78.3 Å². The maximum absolute atomic E-state index is 4.85. The van der Waals surface area contributed by atoms with Gasteiger partial charge in [-0.05, 0) is 61.6 Å². The second-order valence-corrected chi connectivity index (χ2v) is 8.34. The van der Waals surface area contributed by atoms with E-state index in [4.69, 9.17) is 4.98 Å². The Balaban J connectivity index is 1.76. The summed E-state index contributed by atoms with van der Waals surface area (Å²) >= 11 is 0. The van der Waals surface area contributed by atoms with Crippen molar-refractivity contribution in [3.8, 4) is 22.6 Å². The third-order valence-corrected chi connectivity index (χ3v) is 5.57. The molecule has 0 aliphatic carbocycles. The molecule has 0 bridgehead atoms. The van der Waals surface area contributed by atoms with Gasteiger partial charge in [0.25, 0.3) is 0 Å². The molecule has 156 valence electrons. The Morgan fingerprint density at radius 2 is 1.97 bits per heavy atom. The van der Waals surface area contributed by atoms with Crippen LogP contribution in [0.25, 0.3) is 33.5 Å². The third kappa shape index (κ3) is 3.87. The lowest BCUT2D eigenvalue weighted by molar-refractivity contribution is 0.635. The summed E-state index contributed by atoms with van der Waals surface area (Å²) in [6, 6.07) is 6.40. The first-order valence-corrected chi connectivity index (χ1v) is 10.7. The van der Waals surface area contributed by atoms with E-state index in [0.29, 0.717) is 5.92 Å². The fourth-order valence-corrected chi connectivity index (χ4v) is 3.85. The lowest BCUT2D eigenvalue weighted by Gasteiger charge is -2.11. The first-order valence-electron chi connectivity index (χ1n) is 10.7. The molecule has 6 nitrogen and oxygen atoms in total. The smallest absolute Gasteiger partial charge is 0.159 e. The van der Waals surface area contributed by atoms with Gasteiger partial charge in [-0.25, -0.2) is 4.98 Å². The van der Waals surface area contributed by atoms with Crippen molar-refractivity contribution in [3.63, 3.8) is 0 Å². The molecule has 0 atom stereocenters. The molecule has 0 radical (unpaired) electrons. The summed E-state index contributed by atoms with van der Waals surface area (Å²) in [5, 5.41) is 12.2. The summed E-state index contributed by atoms with van der Waals surface area (Å²) in [7, 11) is 0. The predicted molar refractivity (Wildman–Crippen MR) is 122 cm³/mol. The molecule has 0 unspecified atom stereocenters. The molecule has 4 aromatic rings. The molecule has 0 amide bonds. The van der Waals surface area contributed by atoms with Crippen LogP contribution in [0, 0.1) is 19.8 Å². The Labute approximate surface area is 177 Å². The van der Waals surface area contributed by atoms with E-state index in [1.165, 1.54) is 11.1 Å². The van der Waals surface area contributed by atoms with Crippen LogP contribution in [0.1, 0.15) is 43.3 Å². The predicted octanol–water partition coefficient (Wildman–Crippen LogP) is 4.94. The van der Waals surface area contributed by atoms with Gasteiger partial charge in [-0.2, -0.15) is 5.10 Å². The maximum Gasteiger partial charge on any atom is 0.159 e. The molecule has 30 heavy (non-hydrogen) atoms. The van der Waals surface area contributed by atoms with Crippen molar-refractivity contribution in [1.29, 1.82) is 0 Å². The number of benzene rings is 1. The molecule has 6 heteroatoms. The minimum atomic E-state index is 0.562. The number of aromatic nitrogens is 5. The fraction of sp³-hybridized carbons (Fsp3) is 0.375. The van der Waals surface area contributed by atoms with Crippen LogP contribution in [0.15, 0.2) is 30.6 Å². The van der Waals surface area contributed by atoms with Crippen molar-refractivity contribution in [3.05, 3.63) is 53.1 Å². The fourth-order valence-electron chi connectivity index (χ4n) is 3.85. The molecular weight excluding hydrogens is 372 g/mol. The molecular formula is C24H30N6. The lowest BCUT2D eigenvalue weighted by Crippen LogP contribution is -2.13. The number of nitrogens with one attached hydrogen (secondary N) is 3. The molecule has 1 aromatic carbocycles. The van der Waals surface area contributed by atoms with E-state index in [-0.39, 0.29) is 0 Å². The summed E-state index contributed by atoms with van der Waals surface area (Å²) in [6.07, 6.45) is 4.86. The SMILES string of the molecule is CCNCc1cncc(-c2ccc3[nH]nc(-c4nc(CC(C)C)c(C)[nH]4)c3c2)c1C. The Bertz CT molecular complexity index is 1170. The lowest BCUT2D eigenvalue weighted by atomic mass is 9.98. The second kappa shape index (κ2) is 8.40. The average Bonchev–Trinajstić information content (AvgIpc) is 3.29. The summed E-state index contributed by atoms with van der Waals surface area (Å²) in [4.78, 5) is 12.8. The van der Waals surface area contributed by atoms with Crippen molar-refractivity contribution < 1.29 is 0 Å². The van der Waals surface area contributed by atoms with Gasteiger partial charge in [0.15, 0.2) is 5.82 Å². The van der Waals surface area contributed by atoms with Crippen molar-refractivity contribution in [2.75, 3.05) is 6.54 Å². The monoisotopic (exact) mass is 402 g/mol. The zero-order valence-electron chi connectivity index (χ0n) is 18.4. The Kier molecular flexibility index (Phi) is 5.68.